The van der Waals surface area contributed by atoms with E-state index in [4.69, 9.17) is 22.4 Å². The van der Waals surface area contributed by atoms with Gasteiger partial charge in [0.05, 0.1) is 5.02 Å². The minimum Gasteiger partial charge on any atom is -0.480 e. The number of benzene rings is 1. The molecule has 0 saturated heterocycles. The molecule has 3 N–H and O–H groups in total. The van der Waals surface area contributed by atoms with E-state index in [9.17, 15) is 4.79 Å². The van der Waals surface area contributed by atoms with E-state index >= 15 is 0 Å². The number of rotatable bonds is 3. The third-order valence-electron chi connectivity index (χ3n) is 1.76. The lowest BCUT2D eigenvalue weighted by atomic mass is 10.1. The van der Waals surface area contributed by atoms with E-state index in [0.29, 0.717) is 11.4 Å². The summed E-state index contributed by atoms with van der Waals surface area (Å²) in [6.45, 7) is 0. The van der Waals surface area contributed by atoms with Crippen LogP contribution in [0.3, 0.4) is 0 Å². The molecule has 1 rings (SSSR count). The monoisotopic (exact) mass is 325 g/mol. The van der Waals surface area contributed by atoms with Gasteiger partial charge in [0.15, 0.2) is 0 Å². The van der Waals surface area contributed by atoms with Gasteiger partial charge in [-0.15, -0.1) is 0 Å². The summed E-state index contributed by atoms with van der Waals surface area (Å²) in [5.74, 6) is -0.991. The fourth-order valence-electron chi connectivity index (χ4n) is 1.01. The van der Waals surface area contributed by atoms with Crippen LogP contribution >= 0.6 is 34.2 Å². The van der Waals surface area contributed by atoms with E-state index < -0.39 is 12.0 Å². The zero-order valence-corrected chi connectivity index (χ0v) is 10.1. The third-order valence-corrected chi connectivity index (χ3v) is 3.30. The van der Waals surface area contributed by atoms with E-state index in [1.165, 1.54) is 0 Å². The summed E-state index contributed by atoms with van der Waals surface area (Å²) in [7, 11) is 0. The number of carboxylic acids is 1. The molecule has 0 radical (unpaired) electrons. The molecule has 1 aromatic rings. The maximum atomic E-state index is 10.5. The molecule has 0 aliphatic carbocycles. The van der Waals surface area contributed by atoms with Crippen molar-refractivity contribution in [2.75, 3.05) is 0 Å². The van der Waals surface area contributed by atoms with Crippen molar-refractivity contribution < 1.29 is 9.90 Å². The SMILES string of the molecule is N[C@@H](Cc1ccc(Cl)c(I)c1)C(=O)O. The van der Waals surface area contributed by atoms with Crippen molar-refractivity contribution in [2.24, 2.45) is 5.73 Å². The fourth-order valence-corrected chi connectivity index (χ4v) is 1.71. The molecule has 0 aliphatic rings. The van der Waals surface area contributed by atoms with Crippen molar-refractivity contribution >= 4 is 40.2 Å². The van der Waals surface area contributed by atoms with E-state index in [0.717, 1.165) is 9.13 Å². The van der Waals surface area contributed by atoms with Gasteiger partial charge in [0, 0.05) is 3.57 Å². The van der Waals surface area contributed by atoms with E-state index in [1.807, 2.05) is 6.07 Å². The summed E-state index contributed by atoms with van der Waals surface area (Å²) in [6, 6.07) is 4.51. The molecule has 1 aromatic carbocycles. The number of halogens is 2. The van der Waals surface area contributed by atoms with E-state index in [1.54, 1.807) is 12.1 Å². The number of aliphatic carboxylic acids is 1. The zero-order valence-electron chi connectivity index (χ0n) is 7.21. The second-order valence-electron chi connectivity index (χ2n) is 2.90. The van der Waals surface area contributed by atoms with Crippen molar-refractivity contribution in [3.63, 3.8) is 0 Å². The molecule has 0 fully saturated rings. The van der Waals surface area contributed by atoms with Gasteiger partial charge in [-0.1, -0.05) is 17.7 Å². The predicted octanol–water partition coefficient (Wildman–Crippen LogP) is 1.90. The molecule has 0 amide bonds. The Labute approximate surface area is 100 Å². The van der Waals surface area contributed by atoms with Gasteiger partial charge in [-0.3, -0.25) is 4.79 Å². The molecule has 3 nitrogen and oxygen atoms in total. The Kier molecular flexibility index (Phi) is 4.15. The second-order valence-corrected chi connectivity index (χ2v) is 4.47. The molecule has 0 spiro atoms. The highest BCUT2D eigenvalue weighted by molar-refractivity contribution is 14.1. The normalized spacial score (nSPS) is 12.5. The maximum absolute atomic E-state index is 10.5. The molecular formula is C9H9ClINO2. The van der Waals surface area contributed by atoms with Gasteiger partial charge in [0.25, 0.3) is 0 Å². The molecule has 0 aromatic heterocycles. The van der Waals surface area contributed by atoms with E-state index in [2.05, 4.69) is 22.6 Å². The Bertz CT molecular complexity index is 357. The maximum Gasteiger partial charge on any atom is 0.320 e. The molecule has 5 heteroatoms. The molecular weight excluding hydrogens is 316 g/mol. The van der Waals surface area contributed by atoms with Crippen molar-refractivity contribution in [3.05, 3.63) is 32.4 Å². The molecule has 0 heterocycles. The summed E-state index contributed by atoms with van der Waals surface area (Å²) >= 11 is 7.92. The number of carbonyl (C=O) groups is 1. The van der Waals surface area contributed by atoms with Crippen LogP contribution < -0.4 is 5.73 Å². The summed E-state index contributed by atoms with van der Waals surface area (Å²) in [5.41, 5.74) is 6.28. The summed E-state index contributed by atoms with van der Waals surface area (Å²) < 4.78 is 0.902. The van der Waals surface area contributed by atoms with Gasteiger partial charge in [-0.2, -0.15) is 0 Å². The molecule has 14 heavy (non-hydrogen) atoms. The Morgan fingerprint density at radius 1 is 1.64 bits per heavy atom. The summed E-state index contributed by atoms with van der Waals surface area (Å²) in [6.07, 6.45) is 0.322. The van der Waals surface area contributed by atoms with Crippen LogP contribution in [0.1, 0.15) is 5.56 Å². The Morgan fingerprint density at radius 3 is 2.79 bits per heavy atom. The minimum absolute atomic E-state index is 0.322. The van der Waals surface area contributed by atoms with Crippen LogP contribution in [-0.4, -0.2) is 17.1 Å². The van der Waals surface area contributed by atoms with Crippen LogP contribution in [0.2, 0.25) is 5.02 Å². The first-order chi connectivity index (χ1) is 6.50. The van der Waals surface area contributed by atoms with Crippen LogP contribution in [0.4, 0.5) is 0 Å². The van der Waals surface area contributed by atoms with Crippen LogP contribution in [0.5, 0.6) is 0 Å². The van der Waals surface area contributed by atoms with Crippen molar-refractivity contribution in [2.45, 2.75) is 12.5 Å². The molecule has 0 aliphatic heterocycles. The van der Waals surface area contributed by atoms with Crippen LogP contribution in [0.15, 0.2) is 18.2 Å². The molecule has 0 unspecified atom stereocenters. The summed E-state index contributed by atoms with van der Waals surface area (Å²) in [4.78, 5) is 10.5. The molecule has 0 saturated carbocycles. The first-order valence-corrected chi connectivity index (χ1v) is 5.38. The average molecular weight is 326 g/mol. The average Bonchev–Trinajstić information content (AvgIpc) is 2.11. The van der Waals surface area contributed by atoms with Gasteiger partial charge in [0.1, 0.15) is 6.04 Å². The molecule has 0 bridgehead atoms. The number of hydrogen-bond donors (Lipinski definition) is 2. The fraction of sp³-hybridized carbons (Fsp3) is 0.222. The lowest BCUT2D eigenvalue weighted by molar-refractivity contribution is -0.138. The standard InChI is InChI=1S/C9H9ClINO2/c10-6-2-1-5(3-7(6)11)4-8(12)9(13)14/h1-3,8H,4,12H2,(H,13,14)/t8-/m0/s1. The van der Waals surface area contributed by atoms with Gasteiger partial charge >= 0.3 is 5.97 Å². The zero-order chi connectivity index (χ0) is 10.7. The van der Waals surface area contributed by atoms with Crippen molar-refractivity contribution in [3.8, 4) is 0 Å². The van der Waals surface area contributed by atoms with Gasteiger partial charge < -0.3 is 10.8 Å². The van der Waals surface area contributed by atoms with Crippen LogP contribution in [-0.2, 0) is 11.2 Å². The Hall–Kier alpha value is -0.330. The van der Waals surface area contributed by atoms with Gasteiger partial charge in [-0.25, -0.2) is 0 Å². The van der Waals surface area contributed by atoms with E-state index in [-0.39, 0.29) is 0 Å². The lowest BCUT2D eigenvalue weighted by Gasteiger charge is -2.07. The third kappa shape index (κ3) is 3.11. The number of carboxylic acid groups (broad SMARTS) is 1. The highest BCUT2D eigenvalue weighted by Gasteiger charge is 2.12. The van der Waals surface area contributed by atoms with Crippen LogP contribution in [0.25, 0.3) is 0 Å². The van der Waals surface area contributed by atoms with Crippen molar-refractivity contribution in [1.29, 1.82) is 0 Å². The largest absolute Gasteiger partial charge is 0.480 e. The smallest absolute Gasteiger partial charge is 0.320 e. The number of hydrogen-bond acceptors (Lipinski definition) is 2. The second kappa shape index (κ2) is 4.95. The Morgan fingerprint density at radius 2 is 2.29 bits per heavy atom. The highest BCUT2D eigenvalue weighted by Crippen LogP contribution is 2.19. The Balaban J connectivity index is 2.78. The molecule has 76 valence electrons. The van der Waals surface area contributed by atoms with Gasteiger partial charge in [-0.05, 0) is 46.7 Å². The van der Waals surface area contributed by atoms with Crippen LogP contribution in [0, 0.1) is 3.57 Å². The number of nitrogens with two attached hydrogens (primary N) is 1. The molecule has 1 atom stereocenters. The lowest BCUT2D eigenvalue weighted by Crippen LogP contribution is -2.32. The minimum atomic E-state index is -0.991. The first-order valence-electron chi connectivity index (χ1n) is 3.93. The van der Waals surface area contributed by atoms with Gasteiger partial charge in [0.2, 0.25) is 0 Å². The highest BCUT2D eigenvalue weighted by atomic mass is 127. The topological polar surface area (TPSA) is 63.3 Å². The summed E-state index contributed by atoms with van der Waals surface area (Å²) in [5, 5.41) is 9.28. The predicted molar refractivity (Wildman–Crippen MR) is 63.5 cm³/mol. The quantitative estimate of drug-likeness (QED) is 0.834. The first kappa shape index (κ1) is 11.7. The van der Waals surface area contributed by atoms with Crippen molar-refractivity contribution in [1.82, 2.24) is 0 Å².